The molecule has 0 aromatic carbocycles. The molecule has 1 aromatic heterocycles. The summed E-state index contributed by atoms with van der Waals surface area (Å²) in [7, 11) is 0. The fourth-order valence-electron chi connectivity index (χ4n) is 4.46. The summed E-state index contributed by atoms with van der Waals surface area (Å²) in [5, 5.41) is 7.12. The van der Waals surface area contributed by atoms with Gasteiger partial charge in [-0.2, -0.15) is 13.2 Å². The lowest BCUT2D eigenvalue weighted by Crippen LogP contribution is -2.58. The third-order valence-electron chi connectivity index (χ3n) is 6.08. The topological polar surface area (TPSA) is 92.2 Å². The van der Waals surface area contributed by atoms with Crippen LogP contribution in [0.4, 0.5) is 18.0 Å². The Labute approximate surface area is 184 Å². The number of aromatic nitrogens is 1. The molecule has 1 aromatic rings. The SMILES string of the molecule is O=C(N1CCCC1)N1CCO[C@]2(CCC[C@H]2COc2cccnc2)C1.O=C(O)C(F)(F)F. The molecule has 0 radical (unpaired) electrons. The third-order valence-corrected chi connectivity index (χ3v) is 6.08. The van der Waals surface area contributed by atoms with E-state index in [1.807, 2.05) is 21.9 Å². The first-order valence-electron chi connectivity index (χ1n) is 10.7. The molecule has 3 heterocycles. The van der Waals surface area contributed by atoms with Crippen LogP contribution in [0.25, 0.3) is 0 Å². The summed E-state index contributed by atoms with van der Waals surface area (Å²) < 4.78 is 44.0. The van der Waals surface area contributed by atoms with Crippen molar-refractivity contribution in [2.75, 3.05) is 39.4 Å². The largest absolute Gasteiger partial charge is 0.492 e. The van der Waals surface area contributed by atoms with Gasteiger partial charge in [0.05, 0.1) is 31.6 Å². The zero-order valence-corrected chi connectivity index (χ0v) is 17.7. The Bertz CT molecular complexity index is 774. The third kappa shape index (κ3) is 6.02. The van der Waals surface area contributed by atoms with Crippen molar-refractivity contribution in [3.8, 4) is 5.75 Å². The second-order valence-corrected chi connectivity index (χ2v) is 8.20. The van der Waals surface area contributed by atoms with Crippen molar-refractivity contribution < 1.29 is 37.3 Å². The second-order valence-electron chi connectivity index (χ2n) is 8.20. The van der Waals surface area contributed by atoms with E-state index < -0.39 is 12.1 Å². The van der Waals surface area contributed by atoms with E-state index in [4.69, 9.17) is 19.4 Å². The molecular formula is C21H28F3N3O5. The minimum absolute atomic E-state index is 0.194. The number of morpholine rings is 1. The van der Waals surface area contributed by atoms with Crippen LogP contribution < -0.4 is 4.74 Å². The summed E-state index contributed by atoms with van der Waals surface area (Å²) in [5.74, 6) is -1.64. The number of pyridine rings is 1. The maximum atomic E-state index is 12.8. The van der Waals surface area contributed by atoms with Crippen LogP contribution in [0.1, 0.15) is 32.1 Å². The van der Waals surface area contributed by atoms with Gasteiger partial charge < -0.3 is 24.4 Å². The first-order chi connectivity index (χ1) is 15.2. The van der Waals surface area contributed by atoms with Crippen molar-refractivity contribution >= 4 is 12.0 Å². The van der Waals surface area contributed by atoms with Gasteiger partial charge in [-0.3, -0.25) is 4.98 Å². The molecule has 11 heteroatoms. The number of halogens is 3. The van der Waals surface area contributed by atoms with Crippen molar-refractivity contribution in [3.63, 3.8) is 0 Å². The summed E-state index contributed by atoms with van der Waals surface area (Å²) in [6.45, 7) is 4.45. The molecule has 32 heavy (non-hydrogen) atoms. The van der Waals surface area contributed by atoms with E-state index in [0.29, 0.717) is 32.2 Å². The minimum atomic E-state index is -5.08. The lowest BCUT2D eigenvalue weighted by Gasteiger charge is -2.44. The molecule has 1 aliphatic carbocycles. The Morgan fingerprint density at radius 3 is 2.56 bits per heavy atom. The fourth-order valence-corrected chi connectivity index (χ4v) is 4.46. The molecular weight excluding hydrogens is 431 g/mol. The highest BCUT2D eigenvalue weighted by Gasteiger charge is 2.48. The van der Waals surface area contributed by atoms with Crippen molar-refractivity contribution in [2.45, 2.75) is 43.9 Å². The van der Waals surface area contributed by atoms with Gasteiger partial charge in [0.25, 0.3) is 0 Å². The van der Waals surface area contributed by atoms with Gasteiger partial charge >= 0.3 is 18.2 Å². The van der Waals surface area contributed by atoms with Gasteiger partial charge in [-0.15, -0.1) is 0 Å². The number of amides is 2. The summed E-state index contributed by atoms with van der Waals surface area (Å²) in [6, 6.07) is 4.01. The summed E-state index contributed by atoms with van der Waals surface area (Å²) in [6.07, 6.45) is 3.89. The summed E-state index contributed by atoms with van der Waals surface area (Å²) >= 11 is 0. The van der Waals surface area contributed by atoms with Crippen LogP contribution in [-0.4, -0.2) is 83.1 Å². The van der Waals surface area contributed by atoms with Gasteiger partial charge in [0, 0.05) is 31.7 Å². The van der Waals surface area contributed by atoms with E-state index >= 15 is 0 Å². The van der Waals surface area contributed by atoms with E-state index in [0.717, 1.165) is 50.9 Å². The van der Waals surface area contributed by atoms with Crippen LogP contribution in [0.2, 0.25) is 0 Å². The molecule has 3 aliphatic rings. The van der Waals surface area contributed by atoms with Gasteiger partial charge in [0.1, 0.15) is 5.75 Å². The first-order valence-corrected chi connectivity index (χ1v) is 10.7. The number of carboxylic acid groups (broad SMARTS) is 1. The molecule has 1 spiro atoms. The molecule has 0 bridgehead atoms. The molecule has 2 aliphatic heterocycles. The lowest BCUT2D eigenvalue weighted by atomic mass is 9.89. The fraction of sp³-hybridized carbons (Fsp3) is 0.667. The van der Waals surface area contributed by atoms with Gasteiger partial charge in [0.2, 0.25) is 0 Å². The number of carboxylic acids is 1. The minimum Gasteiger partial charge on any atom is -0.492 e. The van der Waals surface area contributed by atoms with Gasteiger partial charge in [-0.05, 0) is 44.2 Å². The number of alkyl halides is 3. The van der Waals surface area contributed by atoms with Gasteiger partial charge in [-0.25, -0.2) is 9.59 Å². The Morgan fingerprint density at radius 1 is 1.22 bits per heavy atom. The Kier molecular flexibility index (Phi) is 7.81. The van der Waals surface area contributed by atoms with Crippen molar-refractivity contribution in [3.05, 3.63) is 24.5 Å². The standard InChI is InChI=1S/C19H27N3O3.C2HF3O2/c23-18(21-9-1-2-10-21)22-11-12-25-19(15-22)7-3-5-16(19)14-24-17-6-4-8-20-13-17;3-2(4,5)1(6)7/h4,6,8,13,16H,1-3,5,7,9-12,14-15H2;(H,6,7)/t16-,19+;/m0./s1. The van der Waals surface area contributed by atoms with Crippen LogP contribution in [0, 0.1) is 5.92 Å². The molecule has 0 unspecified atom stereocenters. The Morgan fingerprint density at radius 2 is 1.94 bits per heavy atom. The number of carbonyl (C=O) groups is 2. The molecule has 2 atom stereocenters. The maximum absolute atomic E-state index is 12.8. The van der Waals surface area contributed by atoms with E-state index in [-0.39, 0.29) is 11.6 Å². The Balaban J connectivity index is 0.000000360. The molecule has 4 rings (SSSR count). The van der Waals surface area contributed by atoms with Crippen LogP contribution in [0.15, 0.2) is 24.5 Å². The first kappa shape index (κ1) is 24.1. The highest BCUT2D eigenvalue weighted by molar-refractivity contribution is 5.75. The molecule has 3 fully saturated rings. The molecule has 178 valence electrons. The van der Waals surface area contributed by atoms with E-state index in [2.05, 4.69) is 4.98 Å². The van der Waals surface area contributed by atoms with Crippen LogP contribution >= 0.6 is 0 Å². The van der Waals surface area contributed by atoms with Gasteiger partial charge in [-0.1, -0.05) is 0 Å². The molecule has 2 saturated heterocycles. The predicted molar refractivity (Wildman–Crippen MR) is 107 cm³/mol. The lowest BCUT2D eigenvalue weighted by molar-refractivity contribution is -0.192. The van der Waals surface area contributed by atoms with Crippen LogP contribution in [0.5, 0.6) is 5.75 Å². The predicted octanol–water partition coefficient (Wildman–Crippen LogP) is 3.18. The number of carbonyl (C=O) groups excluding carboxylic acids is 1. The molecule has 1 N–H and O–H groups in total. The Hall–Kier alpha value is -2.56. The number of nitrogens with zero attached hydrogens (tertiary/aromatic N) is 3. The number of hydrogen-bond acceptors (Lipinski definition) is 5. The zero-order chi connectivity index (χ0) is 23.2. The summed E-state index contributed by atoms with van der Waals surface area (Å²) in [5.41, 5.74) is -0.240. The van der Waals surface area contributed by atoms with E-state index in [1.165, 1.54) is 0 Å². The monoisotopic (exact) mass is 459 g/mol. The number of aliphatic carboxylic acids is 1. The van der Waals surface area contributed by atoms with E-state index in [1.54, 1.807) is 12.4 Å². The average Bonchev–Trinajstić information content (AvgIpc) is 3.43. The smallest absolute Gasteiger partial charge is 0.490 e. The average molecular weight is 459 g/mol. The van der Waals surface area contributed by atoms with E-state index in [9.17, 15) is 18.0 Å². The molecule has 1 saturated carbocycles. The van der Waals surface area contributed by atoms with Crippen molar-refractivity contribution in [1.82, 2.24) is 14.8 Å². The number of ether oxygens (including phenoxy) is 2. The second kappa shape index (κ2) is 10.4. The van der Waals surface area contributed by atoms with Crippen molar-refractivity contribution in [2.24, 2.45) is 5.92 Å². The highest BCUT2D eigenvalue weighted by Crippen LogP contribution is 2.41. The maximum Gasteiger partial charge on any atom is 0.490 e. The normalized spacial score (nSPS) is 25.4. The van der Waals surface area contributed by atoms with Gasteiger partial charge in [0.15, 0.2) is 0 Å². The zero-order valence-electron chi connectivity index (χ0n) is 17.7. The number of urea groups is 1. The van der Waals surface area contributed by atoms with Crippen LogP contribution in [-0.2, 0) is 9.53 Å². The number of rotatable bonds is 3. The summed E-state index contributed by atoms with van der Waals surface area (Å²) in [4.78, 5) is 29.8. The molecule has 8 nitrogen and oxygen atoms in total. The highest BCUT2D eigenvalue weighted by atomic mass is 19.4. The quantitative estimate of drug-likeness (QED) is 0.747. The van der Waals surface area contributed by atoms with Crippen molar-refractivity contribution in [1.29, 1.82) is 0 Å². The van der Waals surface area contributed by atoms with Crippen LogP contribution in [0.3, 0.4) is 0 Å². The molecule has 2 amide bonds. The number of hydrogen-bond donors (Lipinski definition) is 1. The number of likely N-dealkylation sites (tertiary alicyclic amines) is 1.